The van der Waals surface area contributed by atoms with Crippen LogP contribution in [0, 0.1) is 5.92 Å². The van der Waals surface area contributed by atoms with E-state index in [9.17, 15) is 24.6 Å². The number of carbonyl (C=O) groups excluding carboxylic acids is 1. The molecule has 3 aromatic rings. The van der Waals surface area contributed by atoms with Crippen LogP contribution in [-0.2, 0) is 6.54 Å². The van der Waals surface area contributed by atoms with E-state index >= 15 is 0 Å². The number of furan rings is 1. The van der Waals surface area contributed by atoms with Crippen molar-refractivity contribution in [1.29, 1.82) is 0 Å². The number of aliphatic hydroxyl groups excluding tert-OH is 2. The fourth-order valence-electron chi connectivity index (χ4n) is 4.30. The zero-order valence-corrected chi connectivity index (χ0v) is 19.7. The summed E-state index contributed by atoms with van der Waals surface area (Å²) in [5.74, 6) is -0.405. The van der Waals surface area contributed by atoms with Crippen LogP contribution in [0.3, 0.4) is 0 Å². The third-order valence-corrected chi connectivity index (χ3v) is 6.58. The molecule has 1 amide bonds. The topological polar surface area (TPSA) is 140 Å². The van der Waals surface area contributed by atoms with Crippen molar-refractivity contribution in [3.05, 3.63) is 80.0 Å². The van der Waals surface area contributed by atoms with E-state index in [2.05, 4.69) is 10.4 Å². The number of nitrogens with one attached hydrogen (secondary N) is 1. The van der Waals surface area contributed by atoms with Crippen molar-refractivity contribution in [3.8, 4) is 5.69 Å². The van der Waals surface area contributed by atoms with Crippen LogP contribution in [0.2, 0.25) is 5.02 Å². The number of rotatable bonds is 7. The number of aromatic nitrogens is 3. The molecule has 0 radical (unpaired) electrons. The first-order valence-electron chi connectivity index (χ1n) is 11.5. The summed E-state index contributed by atoms with van der Waals surface area (Å²) in [6.07, 6.45) is 6.01. The molecule has 10 nitrogen and oxygen atoms in total. The smallest absolute Gasteiger partial charge is 0.352 e. The summed E-state index contributed by atoms with van der Waals surface area (Å²) < 4.78 is 6.89. The number of benzene rings is 1. The van der Waals surface area contributed by atoms with Gasteiger partial charge in [-0.25, -0.2) is 4.79 Å². The van der Waals surface area contributed by atoms with E-state index < -0.39 is 29.5 Å². The summed E-state index contributed by atoms with van der Waals surface area (Å²) in [4.78, 5) is 38.2. The fourth-order valence-corrected chi connectivity index (χ4v) is 4.50. The Morgan fingerprint density at radius 3 is 2.60 bits per heavy atom. The molecule has 0 spiro atoms. The first kappa shape index (κ1) is 24.9. The van der Waals surface area contributed by atoms with Gasteiger partial charge in [-0.15, -0.1) is 0 Å². The van der Waals surface area contributed by atoms with Crippen LogP contribution in [0.1, 0.15) is 60.7 Å². The quantitative estimate of drug-likeness (QED) is 0.333. The Bertz CT molecular complexity index is 1280. The number of amides is 1. The average Bonchev–Trinajstić information content (AvgIpc) is 3.24. The minimum absolute atomic E-state index is 0.0307. The highest BCUT2D eigenvalue weighted by Crippen LogP contribution is 2.25. The molecule has 0 aliphatic heterocycles. The first-order valence-corrected chi connectivity index (χ1v) is 11.9. The average molecular weight is 503 g/mol. The van der Waals surface area contributed by atoms with Crippen molar-refractivity contribution in [2.75, 3.05) is 0 Å². The Labute approximate surface area is 205 Å². The molecule has 2 aromatic heterocycles. The third-order valence-electron chi connectivity index (χ3n) is 6.25. The lowest BCUT2D eigenvalue weighted by Gasteiger charge is -2.22. The van der Waals surface area contributed by atoms with E-state index in [1.54, 1.807) is 6.07 Å². The second-order valence-corrected chi connectivity index (χ2v) is 9.06. The van der Waals surface area contributed by atoms with Crippen molar-refractivity contribution >= 4 is 17.5 Å². The van der Waals surface area contributed by atoms with Gasteiger partial charge in [0.05, 0.1) is 29.1 Å². The molecule has 35 heavy (non-hydrogen) atoms. The van der Waals surface area contributed by atoms with Gasteiger partial charge in [0.25, 0.3) is 11.5 Å². The van der Waals surface area contributed by atoms with Gasteiger partial charge in [-0.2, -0.15) is 9.78 Å². The molecule has 0 saturated heterocycles. The van der Waals surface area contributed by atoms with E-state index in [4.69, 9.17) is 16.0 Å². The summed E-state index contributed by atoms with van der Waals surface area (Å²) in [6, 6.07) is 7.39. The molecule has 1 saturated carbocycles. The SMILES string of the molecule is O=C(NC(O)C1CCCCCC1)c1cc(-n2ncc(=O)n(CC(O)c3ccco3)c2=O)ccc1Cl. The molecule has 2 atom stereocenters. The Kier molecular flexibility index (Phi) is 7.84. The molecular formula is C24H27ClN4O6. The standard InChI is InChI=1S/C24H27ClN4O6/c25-18-10-9-16(12-17(18)23(33)27-22(32)15-6-3-1-2-4-7-15)29-24(34)28(21(31)13-26-29)14-19(30)20-8-5-11-35-20/h5,8-13,15,19,22,30,32H,1-4,6-7,14H2,(H,27,33). The maximum absolute atomic E-state index is 13.0. The Morgan fingerprint density at radius 1 is 1.17 bits per heavy atom. The van der Waals surface area contributed by atoms with Crippen molar-refractivity contribution in [3.63, 3.8) is 0 Å². The van der Waals surface area contributed by atoms with Gasteiger partial charge in [0.1, 0.15) is 24.3 Å². The fraction of sp³-hybridized carbons (Fsp3) is 0.417. The second-order valence-electron chi connectivity index (χ2n) is 8.65. The van der Waals surface area contributed by atoms with Crippen LogP contribution in [0.5, 0.6) is 0 Å². The van der Waals surface area contributed by atoms with Gasteiger partial charge in [0, 0.05) is 5.92 Å². The first-order chi connectivity index (χ1) is 16.8. The molecule has 4 rings (SSSR count). The number of hydrogen-bond donors (Lipinski definition) is 3. The van der Waals surface area contributed by atoms with Crippen molar-refractivity contribution in [2.24, 2.45) is 5.92 Å². The van der Waals surface area contributed by atoms with E-state index in [1.165, 1.54) is 30.5 Å². The third kappa shape index (κ3) is 5.72. The zero-order chi connectivity index (χ0) is 24.9. The van der Waals surface area contributed by atoms with Crippen LogP contribution < -0.4 is 16.6 Å². The van der Waals surface area contributed by atoms with E-state index in [-0.39, 0.29) is 34.5 Å². The van der Waals surface area contributed by atoms with Crippen molar-refractivity contribution in [1.82, 2.24) is 19.7 Å². The van der Waals surface area contributed by atoms with Crippen LogP contribution >= 0.6 is 11.6 Å². The minimum Gasteiger partial charge on any atom is -0.467 e. The zero-order valence-electron chi connectivity index (χ0n) is 19.0. The molecule has 11 heteroatoms. The van der Waals surface area contributed by atoms with Crippen LogP contribution in [0.25, 0.3) is 5.69 Å². The molecule has 2 heterocycles. The normalized spacial score (nSPS) is 16.4. The Balaban J connectivity index is 1.59. The highest BCUT2D eigenvalue weighted by molar-refractivity contribution is 6.33. The van der Waals surface area contributed by atoms with E-state index in [1.807, 2.05) is 0 Å². The summed E-state index contributed by atoms with van der Waals surface area (Å²) >= 11 is 6.25. The van der Waals surface area contributed by atoms with Crippen LogP contribution in [0.15, 0.2) is 56.8 Å². The highest BCUT2D eigenvalue weighted by atomic mass is 35.5. The molecule has 186 valence electrons. The summed E-state index contributed by atoms with van der Waals surface area (Å²) in [5.41, 5.74) is -1.26. The van der Waals surface area contributed by atoms with Crippen molar-refractivity contribution in [2.45, 2.75) is 57.4 Å². The molecular weight excluding hydrogens is 476 g/mol. The molecule has 3 N–H and O–H groups in total. The molecule has 1 aromatic carbocycles. The summed E-state index contributed by atoms with van der Waals surface area (Å²) in [7, 11) is 0. The largest absolute Gasteiger partial charge is 0.467 e. The molecule has 1 aliphatic carbocycles. The molecule has 2 unspecified atom stereocenters. The van der Waals surface area contributed by atoms with Gasteiger partial charge in [-0.05, 0) is 43.2 Å². The summed E-state index contributed by atoms with van der Waals surface area (Å²) in [5, 5.41) is 27.5. The van der Waals surface area contributed by atoms with Gasteiger partial charge in [-0.3, -0.25) is 14.2 Å². The van der Waals surface area contributed by atoms with E-state index in [0.717, 1.165) is 54.0 Å². The summed E-state index contributed by atoms with van der Waals surface area (Å²) in [6.45, 7) is -0.345. The van der Waals surface area contributed by atoms with Gasteiger partial charge < -0.3 is 19.9 Å². The minimum atomic E-state index is -1.22. The van der Waals surface area contributed by atoms with Crippen molar-refractivity contribution < 1.29 is 19.4 Å². The molecule has 0 bridgehead atoms. The Morgan fingerprint density at radius 2 is 1.91 bits per heavy atom. The maximum atomic E-state index is 13.0. The number of halogens is 1. The van der Waals surface area contributed by atoms with Crippen LogP contribution in [0.4, 0.5) is 0 Å². The maximum Gasteiger partial charge on any atom is 0.352 e. The predicted octanol–water partition coefficient (Wildman–Crippen LogP) is 2.39. The monoisotopic (exact) mass is 502 g/mol. The van der Waals surface area contributed by atoms with Crippen LogP contribution in [-0.4, -0.2) is 36.7 Å². The van der Waals surface area contributed by atoms with Gasteiger partial charge in [-0.1, -0.05) is 37.3 Å². The Hall–Kier alpha value is -3.21. The lowest BCUT2D eigenvalue weighted by atomic mass is 9.98. The lowest BCUT2D eigenvalue weighted by molar-refractivity contribution is 0.0532. The lowest BCUT2D eigenvalue weighted by Crippen LogP contribution is -2.41. The number of nitrogens with zero attached hydrogens (tertiary/aromatic N) is 3. The van der Waals surface area contributed by atoms with Gasteiger partial charge in [0.2, 0.25) is 0 Å². The second kappa shape index (κ2) is 11.0. The van der Waals surface area contributed by atoms with Gasteiger partial charge >= 0.3 is 5.69 Å². The molecule has 1 fully saturated rings. The number of carbonyl (C=O) groups is 1. The van der Waals surface area contributed by atoms with Gasteiger partial charge in [0.15, 0.2) is 0 Å². The predicted molar refractivity (Wildman–Crippen MR) is 127 cm³/mol. The number of hydrogen-bond acceptors (Lipinski definition) is 7. The van der Waals surface area contributed by atoms with E-state index in [0.29, 0.717) is 0 Å². The number of aliphatic hydroxyl groups is 2. The molecule has 1 aliphatic rings. The highest BCUT2D eigenvalue weighted by Gasteiger charge is 2.24.